The highest BCUT2D eigenvalue weighted by Crippen LogP contribution is 2.33. The lowest BCUT2D eigenvalue weighted by molar-refractivity contribution is -0.137. The van der Waals surface area contributed by atoms with E-state index in [0.717, 1.165) is 0 Å². The van der Waals surface area contributed by atoms with Crippen molar-refractivity contribution in [1.82, 2.24) is 0 Å². The highest BCUT2D eigenvalue weighted by molar-refractivity contribution is 5.68. The Hall–Kier alpha value is -1.71. The third-order valence-corrected chi connectivity index (χ3v) is 2.36. The number of carbonyl (C=O) groups is 1. The molecule has 4 nitrogen and oxygen atoms in total. The van der Waals surface area contributed by atoms with E-state index in [1.54, 1.807) is 19.9 Å². The fourth-order valence-electron chi connectivity index (χ4n) is 1.47. The molecule has 1 aromatic rings. The fraction of sp³-hybridized carbons (Fsp3) is 0.364. The van der Waals surface area contributed by atoms with Gasteiger partial charge in [0.2, 0.25) is 0 Å². The molecule has 1 atom stereocenters. The number of aryl methyl sites for hydroxylation is 1. The number of aromatic hydroxyl groups is 2. The molecule has 0 aliphatic rings. The largest absolute Gasteiger partial charge is 0.508 e. The maximum Gasteiger partial charge on any atom is 0.303 e. The van der Waals surface area contributed by atoms with E-state index < -0.39 is 5.97 Å². The molecule has 0 saturated carbocycles. The molecular formula is C11H14O4. The first-order chi connectivity index (χ1) is 6.91. The van der Waals surface area contributed by atoms with Crippen molar-refractivity contribution in [2.75, 3.05) is 0 Å². The van der Waals surface area contributed by atoms with E-state index in [1.807, 2.05) is 0 Å². The highest BCUT2D eigenvalue weighted by atomic mass is 16.4. The average Bonchev–Trinajstić information content (AvgIpc) is 2.09. The quantitative estimate of drug-likeness (QED) is 0.712. The van der Waals surface area contributed by atoms with Crippen molar-refractivity contribution >= 4 is 5.97 Å². The van der Waals surface area contributed by atoms with E-state index in [9.17, 15) is 15.0 Å². The summed E-state index contributed by atoms with van der Waals surface area (Å²) in [5.74, 6) is -1.24. The van der Waals surface area contributed by atoms with Crippen molar-refractivity contribution in [1.29, 1.82) is 0 Å². The zero-order valence-electron chi connectivity index (χ0n) is 8.69. The summed E-state index contributed by atoms with van der Waals surface area (Å²) in [5.41, 5.74) is 1.17. The molecule has 82 valence electrons. The van der Waals surface area contributed by atoms with E-state index in [2.05, 4.69) is 0 Å². The molecule has 0 saturated heterocycles. The maximum atomic E-state index is 10.5. The molecular weight excluding hydrogens is 196 g/mol. The van der Waals surface area contributed by atoms with Crippen LogP contribution in [0.1, 0.15) is 30.4 Å². The minimum Gasteiger partial charge on any atom is -0.508 e. The number of hydrogen-bond acceptors (Lipinski definition) is 3. The average molecular weight is 210 g/mol. The summed E-state index contributed by atoms with van der Waals surface area (Å²) >= 11 is 0. The topological polar surface area (TPSA) is 77.8 Å². The molecule has 0 aromatic heterocycles. The van der Waals surface area contributed by atoms with Gasteiger partial charge in [-0.2, -0.15) is 0 Å². The first-order valence-electron chi connectivity index (χ1n) is 4.66. The molecule has 0 bridgehead atoms. The van der Waals surface area contributed by atoms with Crippen LogP contribution in [0.15, 0.2) is 12.1 Å². The van der Waals surface area contributed by atoms with Crippen LogP contribution in [0.4, 0.5) is 0 Å². The van der Waals surface area contributed by atoms with Gasteiger partial charge in [0.05, 0.1) is 6.42 Å². The highest BCUT2D eigenvalue weighted by Gasteiger charge is 2.15. The number of rotatable bonds is 3. The zero-order valence-corrected chi connectivity index (χ0v) is 8.69. The fourth-order valence-corrected chi connectivity index (χ4v) is 1.47. The number of hydrogen-bond donors (Lipinski definition) is 3. The van der Waals surface area contributed by atoms with Gasteiger partial charge in [-0.25, -0.2) is 0 Å². The first-order valence-corrected chi connectivity index (χ1v) is 4.66. The third kappa shape index (κ3) is 2.62. The summed E-state index contributed by atoms with van der Waals surface area (Å²) in [5, 5.41) is 27.5. The Morgan fingerprint density at radius 1 is 1.33 bits per heavy atom. The minimum absolute atomic E-state index is 0.0128. The van der Waals surface area contributed by atoms with E-state index in [-0.39, 0.29) is 23.8 Å². The summed E-state index contributed by atoms with van der Waals surface area (Å²) in [6.45, 7) is 3.42. The van der Waals surface area contributed by atoms with Crippen LogP contribution in [-0.4, -0.2) is 21.3 Å². The monoisotopic (exact) mass is 210 g/mol. The van der Waals surface area contributed by atoms with E-state index in [1.165, 1.54) is 6.07 Å². The number of phenolic OH excluding ortho intramolecular Hbond substituents is 2. The molecule has 1 rings (SSSR count). The SMILES string of the molecule is Cc1cc(C(C)CC(=O)O)c(O)cc1O. The van der Waals surface area contributed by atoms with Crippen molar-refractivity contribution in [2.45, 2.75) is 26.2 Å². The van der Waals surface area contributed by atoms with E-state index in [0.29, 0.717) is 11.1 Å². The van der Waals surface area contributed by atoms with E-state index >= 15 is 0 Å². The smallest absolute Gasteiger partial charge is 0.303 e. The van der Waals surface area contributed by atoms with Crippen LogP contribution < -0.4 is 0 Å². The standard InChI is InChI=1S/C11H14O4/c1-6(4-11(14)15)8-3-7(2)9(12)5-10(8)13/h3,5-6,12-13H,4H2,1-2H3,(H,14,15). The second kappa shape index (κ2) is 4.21. The van der Waals surface area contributed by atoms with Crippen LogP contribution in [0.3, 0.4) is 0 Å². The number of benzene rings is 1. The summed E-state index contributed by atoms with van der Waals surface area (Å²) < 4.78 is 0. The third-order valence-electron chi connectivity index (χ3n) is 2.36. The predicted octanol–water partition coefficient (Wildman–Crippen LogP) is 1.98. The Morgan fingerprint density at radius 3 is 2.47 bits per heavy atom. The van der Waals surface area contributed by atoms with Crippen LogP contribution in [0.25, 0.3) is 0 Å². The Morgan fingerprint density at radius 2 is 1.93 bits per heavy atom. The Balaban J connectivity index is 3.03. The van der Waals surface area contributed by atoms with Gasteiger partial charge in [-0.1, -0.05) is 6.92 Å². The van der Waals surface area contributed by atoms with Gasteiger partial charge in [0.1, 0.15) is 11.5 Å². The number of aliphatic carboxylic acids is 1. The maximum absolute atomic E-state index is 10.5. The molecule has 15 heavy (non-hydrogen) atoms. The van der Waals surface area contributed by atoms with Crippen LogP contribution in [-0.2, 0) is 4.79 Å². The lowest BCUT2D eigenvalue weighted by Gasteiger charge is -2.12. The molecule has 0 aliphatic heterocycles. The van der Waals surface area contributed by atoms with Crippen molar-refractivity contribution in [3.8, 4) is 11.5 Å². The Kier molecular flexibility index (Phi) is 3.19. The second-order valence-corrected chi connectivity index (χ2v) is 3.70. The zero-order chi connectivity index (χ0) is 11.6. The second-order valence-electron chi connectivity index (χ2n) is 3.70. The molecule has 0 aliphatic carbocycles. The molecule has 3 N–H and O–H groups in total. The summed E-state index contributed by atoms with van der Waals surface area (Å²) in [6, 6.07) is 2.85. The first kappa shape index (κ1) is 11.4. The van der Waals surface area contributed by atoms with Gasteiger partial charge < -0.3 is 15.3 Å². The Labute approximate surface area is 87.8 Å². The van der Waals surface area contributed by atoms with Gasteiger partial charge in [-0.3, -0.25) is 4.79 Å². The predicted molar refractivity (Wildman–Crippen MR) is 55.2 cm³/mol. The molecule has 0 amide bonds. The van der Waals surface area contributed by atoms with E-state index in [4.69, 9.17) is 5.11 Å². The van der Waals surface area contributed by atoms with Crippen LogP contribution in [0.5, 0.6) is 11.5 Å². The van der Waals surface area contributed by atoms with Gasteiger partial charge in [0.15, 0.2) is 0 Å². The molecule has 4 heteroatoms. The van der Waals surface area contributed by atoms with Crippen molar-refractivity contribution < 1.29 is 20.1 Å². The molecule has 1 unspecified atom stereocenters. The molecule has 0 radical (unpaired) electrons. The molecule has 0 spiro atoms. The van der Waals surface area contributed by atoms with Crippen molar-refractivity contribution in [2.24, 2.45) is 0 Å². The van der Waals surface area contributed by atoms with Gasteiger partial charge in [0.25, 0.3) is 0 Å². The number of carboxylic acids is 1. The lowest BCUT2D eigenvalue weighted by Crippen LogP contribution is -2.03. The van der Waals surface area contributed by atoms with Crippen LogP contribution in [0, 0.1) is 6.92 Å². The van der Waals surface area contributed by atoms with Crippen molar-refractivity contribution in [3.05, 3.63) is 23.3 Å². The van der Waals surface area contributed by atoms with Gasteiger partial charge >= 0.3 is 5.97 Å². The number of carboxylic acid groups (broad SMARTS) is 1. The lowest BCUT2D eigenvalue weighted by atomic mass is 9.95. The van der Waals surface area contributed by atoms with Crippen LogP contribution >= 0.6 is 0 Å². The molecule has 0 heterocycles. The summed E-state index contributed by atoms with van der Waals surface area (Å²) in [4.78, 5) is 10.5. The van der Waals surface area contributed by atoms with Crippen LogP contribution in [0.2, 0.25) is 0 Å². The van der Waals surface area contributed by atoms with Gasteiger partial charge in [-0.15, -0.1) is 0 Å². The Bertz CT molecular complexity index is 384. The number of phenols is 2. The summed E-state index contributed by atoms with van der Waals surface area (Å²) in [6.07, 6.45) is -0.0439. The van der Waals surface area contributed by atoms with Crippen molar-refractivity contribution in [3.63, 3.8) is 0 Å². The summed E-state index contributed by atoms with van der Waals surface area (Å²) in [7, 11) is 0. The minimum atomic E-state index is -0.910. The molecule has 1 aromatic carbocycles. The van der Waals surface area contributed by atoms with Gasteiger partial charge in [-0.05, 0) is 30.0 Å². The molecule has 0 fully saturated rings. The normalized spacial score (nSPS) is 12.4. The van der Waals surface area contributed by atoms with Gasteiger partial charge in [0, 0.05) is 6.07 Å².